The molecule has 0 spiro atoms. The Morgan fingerprint density at radius 1 is 1.05 bits per heavy atom. The third-order valence-electron chi connectivity index (χ3n) is 2.21. The van der Waals surface area contributed by atoms with Crippen LogP contribution in [-0.4, -0.2) is 53.4 Å². The maximum absolute atomic E-state index is 12.0. The first-order chi connectivity index (χ1) is 9.81. The number of aromatic nitrogens is 3. The van der Waals surface area contributed by atoms with Gasteiger partial charge in [0.1, 0.15) is 0 Å². The fourth-order valence-electron chi connectivity index (χ4n) is 1.29. The van der Waals surface area contributed by atoms with Gasteiger partial charge in [-0.1, -0.05) is 6.92 Å². The summed E-state index contributed by atoms with van der Waals surface area (Å²) in [5.41, 5.74) is -4.22. The topological polar surface area (TPSA) is 66.0 Å². The van der Waals surface area contributed by atoms with Crippen molar-refractivity contribution in [1.82, 2.24) is 15.0 Å². The minimum Gasteiger partial charge on any atom is -0.354 e. The molecule has 1 aromatic rings. The average Bonchev–Trinajstić information content (AvgIpc) is 2.40. The van der Waals surface area contributed by atoms with Crippen LogP contribution in [0.1, 0.15) is 13.3 Å². The Morgan fingerprint density at radius 2 is 1.62 bits per heavy atom. The smallest absolute Gasteiger partial charge is 0.354 e. The summed E-state index contributed by atoms with van der Waals surface area (Å²) in [5.74, 6) is 0.996. The van der Waals surface area contributed by atoms with Crippen LogP contribution in [0.4, 0.5) is 31.0 Å². The van der Waals surface area contributed by atoms with Crippen molar-refractivity contribution < 1.29 is 13.2 Å². The quantitative estimate of drug-likeness (QED) is 0.712. The van der Waals surface area contributed by atoms with Crippen molar-refractivity contribution >= 4 is 29.6 Å². The van der Waals surface area contributed by atoms with Crippen molar-refractivity contribution in [2.24, 2.45) is 0 Å². The van der Waals surface area contributed by atoms with Crippen molar-refractivity contribution in [3.8, 4) is 0 Å². The SMILES string of the molecule is CCCNc1nc(NCCSC(F)(F)F)nc(N(C)C)n1. The highest BCUT2D eigenvalue weighted by molar-refractivity contribution is 8.00. The molecule has 6 nitrogen and oxygen atoms in total. The number of thioether (sulfide) groups is 1. The van der Waals surface area contributed by atoms with Crippen molar-refractivity contribution in [1.29, 1.82) is 0 Å². The number of halogens is 3. The Bertz CT molecular complexity index is 440. The van der Waals surface area contributed by atoms with E-state index < -0.39 is 5.51 Å². The van der Waals surface area contributed by atoms with E-state index in [1.54, 1.807) is 19.0 Å². The molecule has 2 N–H and O–H groups in total. The third kappa shape index (κ3) is 7.21. The lowest BCUT2D eigenvalue weighted by Gasteiger charge is -2.14. The zero-order valence-corrected chi connectivity index (χ0v) is 13.0. The first-order valence-electron chi connectivity index (χ1n) is 6.43. The number of nitrogens with one attached hydrogen (secondary N) is 2. The molecule has 21 heavy (non-hydrogen) atoms. The number of alkyl halides is 3. The number of rotatable bonds is 8. The van der Waals surface area contributed by atoms with E-state index in [2.05, 4.69) is 25.6 Å². The minimum atomic E-state index is -4.22. The molecule has 1 heterocycles. The molecule has 120 valence electrons. The number of nitrogens with zero attached hydrogens (tertiary/aromatic N) is 4. The van der Waals surface area contributed by atoms with Gasteiger partial charge < -0.3 is 15.5 Å². The molecule has 1 rings (SSSR count). The number of hydrogen-bond acceptors (Lipinski definition) is 7. The fraction of sp³-hybridized carbons (Fsp3) is 0.727. The second-order valence-electron chi connectivity index (χ2n) is 4.32. The molecule has 0 aliphatic rings. The third-order valence-corrected chi connectivity index (χ3v) is 2.94. The summed E-state index contributed by atoms with van der Waals surface area (Å²) < 4.78 is 36.1. The van der Waals surface area contributed by atoms with Crippen LogP contribution in [0.25, 0.3) is 0 Å². The summed E-state index contributed by atoms with van der Waals surface area (Å²) in [4.78, 5) is 14.2. The minimum absolute atomic E-state index is 0.0783. The summed E-state index contributed by atoms with van der Waals surface area (Å²) >= 11 is -0.0783. The van der Waals surface area contributed by atoms with Gasteiger partial charge in [-0.2, -0.15) is 28.1 Å². The van der Waals surface area contributed by atoms with Gasteiger partial charge in [-0.15, -0.1) is 0 Å². The van der Waals surface area contributed by atoms with Crippen LogP contribution in [0.3, 0.4) is 0 Å². The first-order valence-corrected chi connectivity index (χ1v) is 7.42. The lowest BCUT2D eigenvalue weighted by atomic mass is 10.5. The van der Waals surface area contributed by atoms with Gasteiger partial charge in [-0.05, 0) is 18.2 Å². The van der Waals surface area contributed by atoms with E-state index >= 15 is 0 Å². The van der Waals surface area contributed by atoms with E-state index in [-0.39, 0.29) is 30.0 Å². The molecule has 0 atom stereocenters. The van der Waals surface area contributed by atoms with Gasteiger partial charge in [-0.3, -0.25) is 0 Å². The molecule has 0 aliphatic carbocycles. The molecular weight excluding hydrogens is 305 g/mol. The van der Waals surface area contributed by atoms with E-state index in [4.69, 9.17) is 0 Å². The van der Waals surface area contributed by atoms with Crippen molar-refractivity contribution in [2.45, 2.75) is 18.9 Å². The lowest BCUT2D eigenvalue weighted by molar-refractivity contribution is -0.0327. The van der Waals surface area contributed by atoms with Crippen LogP contribution in [0.15, 0.2) is 0 Å². The maximum Gasteiger partial charge on any atom is 0.441 e. The summed E-state index contributed by atoms with van der Waals surface area (Å²) in [6, 6.07) is 0. The summed E-state index contributed by atoms with van der Waals surface area (Å²) in [6.45, 7) is 2.84. The van der Waals surface area contributed by atoms with Crippen LogP contribution >= 0.6 is 11.8 Å². The Hall–Kier alpha value is -1.45. The maximum atomic E-state index is 12.0. The highest BCUT2D eigenvalue weighted by Gasteiger charge is 2.27. The normalized spacial score (nSPS) is 11.3. The number of hydrogen-bond donors (Lipinski definition) is 2. The monoisotopic (exact) mass is 324 g/mol. The Balaban J connectivity index is 2.64. The molecule has 1 aromatic heterocycles. The van der Waals surface area contributed by atoms with E-state index in [1.165, 1.54) is 0 Å². The molecule has 0 saturated carbocycles. The summed E-state index contributed by atoms with van der Waals surface area (Å²) in [7, 11) is 3.56. The molecule has 10 heteroatoms. The molecule has 0 saturated heterocycles. The standard InChI is InChI=1S/C11H19F3N6S/c1-4-5-15-8-17-9(19-10(18-8)20(2)3)16-6-7-21-11(12,13)14/h4-7H2,1-3H3,(H2,15,16,17,18,19). The first kappa shape index (κ1) is 17.6. The van der Waals surface area contributed by atoms with Gasteiger partial charge in [0.2, 0.25) is 17.8 Å². The second-order valence-corrected chi connectivity index (χ2v) is 5.48. The fourth-order valence-corrected chi connectivity index (χ4v) is 1.72. The molecule has 0 radical (unpaired) electrons. The van der Waals surface area contributed by atoms with Crippen LogP contribution in [0, 0.1) is 0 Å². The highest BCUT2D eigenvalue weighted by Crippen LogP contribution is 2.29. The second kappa shape index (κ2) is 8.11. The van der Waals surface area contributed by atoms with Gasteiger partial charge in [0.15, 0.2) is 0 Å². The van der Waals surface area contributed by atoms with Gasteiger partial charge in [0.25, 0.3) is 0 Å². The lowest BCUT2D eigenvalue weighted by Crippen LogP contribution is -2.18. The zero-order valence-electron chi connectivity index (χ0n) is 12.2. The molecule has 0 bridgehead atoms. The Kier molecular flexibility index (Phi) is 6.79. The Labute approximate surface area is 125 Å². The summed E-state index contributed by atoms with van der Waals surface area (Å²) in [5, 5.41) is 5.81. The summed E-state index contributed by atoms with van der Waals surface area (Å²) in [6.07, 6.45) is 0.911. The molecule has 0 fully saturated rings. The largest absolute Gasteiger partial charge is 0.441 e. The van der Waals surface area contributed by atoms with Crippen LogP contribution < -0.4 is 15.5 Å². The van der Waals surface area contributed by atoms with Crippen LogP contribution in [0.5, 0.6) is 0 Å². The predicted octanol–water partition coefficient (Wildman–Crippen LogP) is 2.42. The van der Waals surface area contributed by atoms with Crippen molar-refractivity contribution in [3.05, 3.63) is 0 Å². The molecule has 0 aromatic carbocycles. The van der Waals surface area contributed by atoms with Crippen LogP contribution in [-0.2, 0) is 0 Å². The van der Waals surface area contributed by atoms with Gasteiger partial charge in [-0.25, -0.2) is 0 Å². The average molecular weight is 324 g/mol. The molecule has 0 unspecified atom stereocenters. The van der Waals surface area contributed by atoms with Gasteiger partial charge >= 0.3 is 5.51 Å². The van der Waals surface area contributed by atoms with E-state index in [0.29, 0.717) is 18.4 Å². The van der Waals surface area contributed by atoms with E-state index in [9.17, 15) is 13.2 Å². The number of anilines is 3. The van der Waals surface area contributed by atoms with Crippen LogP contribution in [0.2, 0.25) is 0 Å². The van der Waals surface area contributed by atoms with Crippen molar-refractivity contribution in [2.75, 3.05) is 48.5 Å². The molecule has 0 amide bonds. The Morgan fingerprint density at radius 3 is 2.10 bits per heavy atom. The van der Waals surface area contributed by atoms with Gasteiger partial charge in [0.05, 0.1) is 0 Å². The van der Waals surface area contributed by atoms with Gasteiger partial charge in [0, 0.05) is 32.9 Å². The molecular formula is C11H19F3N6S. The predicted molar refractivity (Wildman–Crippen MR) is 79.9 cm³/mol. The highest BCUT2D eigenvalue weighted by atomic mass is 32.2. The van der Waals surface area contributed by atoms with E-state index in [0.717, 1.165) is 6.42 Å². The molecule has 0 aliphatic heterocycles. The van der Waals surface area contributed by atoms with E-state index in [1.807, 2.05) is 6.92 Å². The zero-order chi connectivity index (χ0) is 15.9. The van der Waals surface area contributed by atoms with Crippen molar-refractivity contribution in [3.63, 3.8) is 0 Å².